The number of nitrogens with zero attached hydrogens (tertiary/aromatic N) is 2. The van der Waals surface area contributed by atoms with Gasteiger partial charge in [0.2, 0.25) is 5.95 Å². The fourth-order valence-corrected chi connectivity index (χ4v) is 2.96. The van der Waals surface area contributed by atoms with E-state index >= 15 is 0 Å². The molecule has 0 radical (unpaired) electrons. The van der Waals surface area contributed by atoms with Crippen LogP contribution in [0.2, 0.25) is 0 Å². The zero-order valence-corrected chi connectivity index (χ0v) is 10.8. The molecular weight excluding hydrogens is 224 g/mol. The van der Waals surface area contributed by atoms with Crippen LogP contribution in [0.15, 0.2) is 24.3 Å². The number of H-pyrrole nitrogens is 1. The third kappa shape index (κ3) is 1.86. The third-order valence-corrected chi connectivity index (χ3v) is 3.92. The molecular formula is C14H20N4. The van der Waals surface area contributed by atoms with Gasteiger partial charge in [0.15, 0.2) is 0 Å². The number of aromatic nitrogens is 2. The van der Waals surface area contributed by atoms with Crippen molar-refractivity contribution in [3.8, 4) is 0 Å². The van der Waals surface area contributed by atoms with Crippen molar-refractivity contribution in [3.05, 3.63) is 24.3 Å². The zero-order chi connectivity index (χ0) is 12.5. The summed E-state index contributed by atoms with van der Waals surface area (Å²) in [5.74, 6) is 0.971. The molecule has 18 heavy (non-hydrogen) atoms. The van der Waals surface area contributed by atoms with E-state index in [0.29, 0.717) is 18.6 Å². The summed E-state index contributed by atoms with van der Waals surface area (Å²) < 4.78 is 0. The van der Waals surface area contributed by atoms with E-state index in [9.17, 15) is 0 Å². The van der Waals surface area contributed by atoms with Crippen molar-refractivity contribution >= 4 is 17.0 Å². The van der Waals surface area contributed by atoms with E-state index in [1.807, 2.05) is 18.2 Å². The highest BCUT2D eigenvalue weighted by atomic mass is 15.3. The van der Waals surface area contributed by atoms with Gasteiger partial charge < -0.3 is 15.6 Å². The Labute approximate surface area is 107 Å². The van der Waals surface area contributed by atoms with Crippen LogP contribution >= 0.6 is 0 Å². The second-order valence-corrected chi connectivity index (χ2v) is 5.15. The first-order valence-electron chi connectivity index (χ1n) is 6.72. The number of anilines is 1. The number of fused-ring (bicyclic) bond motifs is 1. The molecule has 1 saturated heterocycles. The fourth-order valence-electron chi connectivity index (χ4n) is 2.96. The predicted molar refractivity (Wildman–Crippen MR) is 74.7 cm³/mol. The average Bonchev–Trinajstić information content (AvgIpc) is 2.81. The van der Waals surface area contributed by atoms with E-state index in [1.165, 1.54) is 12.8 Å². The van der Waals surface area contributed by atoms with Gasteiger partial charge in [-0.25, -0.2) is 4.98 Å². The number of nitrogens with two attached hydrogens (primary N) is 1. The smallest absolute Gasteiger partial charge is 0.204 e. The van der Waals surface area contributed by atoms with Gasteiger partial charge in [-0.05, 0) is 38.3 Å². The minimum absolute atomic E-state index is 0.411. The number of hydrogen-bond donors (Lipinski definition) is 2. The van der Waals surface area contributed by atoms with Crippen molar-refractivity contribution in [2.75, 3.05) is 11.4 Å². The lowest BCUT2D eigenvalue weighted by molar-refractivity contribution is 0.395. The molecule has 3 N–H and O–H groups in total. The molecule has 1 fully saturated rings. The summed E-state index contributed by atoms with van der Waals surface area (Å²) >= 11 is 0. The monoisotopic (exact) mass is 244 g/mol. The molecule has 0 spiro atoms. The first kappa shape index (κ1) is 11.5. The molecule has 2 heterocycles. The van der Waals surface area contributed by atoms with Crippen LogP contribution in [0.3, 0.4) is 0 Å². The van der Waals surface area contributed by atoms with Gasteiger partial charge in [0, 0.05) is 18.6 Å². The van der Waals surface area contributed by atoms with Crippen molar-refractivity contribution in [1.82, 2.24) is 9.97 Å². The molecule has 1 aromatic carbocycles. The molecule has 2 atom stereocenters. The Morgan fingerprint density at radius 3 is 3.00 bits per heavy atom. The molecule has 4 nitrogen and oxygen atoms in total. The van der Waals surface area contributed by atoms with Crippen LogP contribution in [0.1, 0.15) is 26.2 Å². The van der Waals surface area contributed by atoms with Crippen molar-refractivity contribution in [2.45, 2.75) is 38.3 Å². The lowest BCUT2D eigenvalue weighted by Gasteiger charge is -2.40. The number of aromatic amines is 1. The maximum atomic E-state index is 5.90. The van der Waals surface area contributed by atoms with Crippen LogP contribution < -0.4 is 10.6 Å². The van der Waals surface area contributed by atoms with E-state index < -0.39 is 0 Å². The molecule has 1 aliphatic rings. The maximum Gasteiger partial charge on any atom is 0.204 e. The van der Waals surface area contributed by atoms with Gasteiger partial charge in [-0.3, -0.25) is 0 Å². The first-order chi connectivity index (χ1) is 8.79. The summed E-state index contributed by atoms with van der Waals surface area (Å²) in [6, 6.07) is 9.08. The Bertz CT molecular complexity index is 500. The van der Waals surface area contributed by atoms with Crippen LogP contribution in [0.4, 0.5) is 5.95 Å². The van der Waals surface area contributed by atoms with Gasteiger partial charge >= 0.3 is 0 Å². The summed E-state index contributed by atoms with van der Waals surface area (Å²) in [5, 5.41) is 0. The van der Waals surface area contributed by atoms with Gasteiger partial charge in [0.25, 0.3) is 0 Å². The van der Waals surface area contributed by atoms with Crippen LogP contribution in [0, 0.1) is 0 Å². The van der Waals surface area contributed by atoms with E-state index in [2.05, 4.69) is 22.9 Å². The van der Waals surface area contributed by atoms with Gasteiger partial charge in [-0.2, -0.15) is 0 Å². The Kier molecular flexibility index (Phi) is 2.96. The second kappa shape index (κ2) is 4.61. The van der Waals surface area contributed by atoms with Crippen molar-refractivity contribution < 1.29 is 0 Å². The van der Waals surface area contributed by atoms with E-state index in [1.54, 1.807) is 0 Å². The van der Waals surface area contributed by atoms with Crippen LogP contribution in [-0.4, -0.2) is 28.6 Å². The summed E-state index contributed by atoms with van der Waals surface area (Å²) in [6.45, 7) is 2.95. The van der Waals surface area contributed by atoms with Crippen LogP contribution in [0.25, 0.3) is 11.0 Å². The highest BCUT2D eigenvalue weighted by molar-refractivity contribution is 5.77. The Hall–Kier alpha value is -1.55. The molecule has 3 rings (SSSR count). The molecule has 1 aliphatic heterocycles. The highest BCUT2D eigenvalue weighted by Gasteiger charge is 2.28. The van der Waals surface area contributed by atoms with Gasteiger partial charge in [-0.15, -0.1) is 0 Å². The lowest BCUT2D eigenvalue weighted by Crippen LogP contribution is -2.49. The summed E-state index contributed by atoms with van der Waals surface area (Å²) in [4.78, 5) is 10.5. The van der Waals surface area contributed by atoms with Crippen molar-refractivity contribution in [1.29, 1.82) is 0 Å². The molecule has 96 valence electrons. The summed E-state index contributed by atoms with van der Waals surface area (Å²) in [5.41, 5.74) is 8.03. The van der Waals surface area contributed by atoms with E-state index in [-0.39, 0.29) is 0 Å². The average molecular weight is 244 g/mol. The molecule has 1 aromatic heterocycles. The highest BCUT2D eigenvalue weighted by Crippen LogP contribution is 2.28. The first-order valence-corrected chi connectivity index (χ1v) is 6.72. The standard InChI is InChI=1S/C14H20N4/c1-10-5-4-6-11(9-15)18(10)14-16-12-7-2-3-8-13(12)17-14/h2-3,7-8,10-11H,4-6,9,15H2,1H3,(H,16,17). The number of hydrogen-bond acceptors (Lipinski definition) is 3. The normalized spacial score (nSPS) is 24.7. The van der Waals surface area contributed by atoms with Gasteiger partial charge in [-0.1, -0.05) is 12.1 Å². The summed E-state index contributed by atoms with van der Waals surface area (Å²) in [7, 11) is 0. The second-order valence-electron chi connectivity index (χ2n) is 5.15. The lowest BCUT2D eigenvalue weighted by atomic mass is 9.97. The van der Waals surface area contributed by atoms with E-state index in [4.69, 9.17) is 10.7 Å². The molecule has 2 unspecified atom stereocenters. The molecule has 0 saturated carbocycles. The SMILES string of the molecule is CC1CCCC(CN)N1c1nc2ccccc2[nH]1. The Morgan fingerprint density at radius 1 is 1.39 bits per heavy atom. The van der Waals surface area contributed by atoms with Crippen LogP contribution in [0.5, 0.6) is 0 Å². The molecule has 2 aromatic rings. The number of piperidine rings is 1. The van der Waals surface area contributed by atoms with Crippen molar-refractivity contribution in [3.63, 3.8) is 0 Å². The van der Waals surface area contributed by atoms with Gasteiger partial charge in [0.1, 0.15) is 0 Å². The largest absolute Gasteiger partial charge is 0.335 e. The number of nitrogens with one attached hydrogen (secondary N) is 1. The molecule has 0 amide bonds. The Balaban J connectivity index is 2.00. The molecule has 4 heteroatoms. The van der Waals surface area contributed by atoms with Gasteiger partial charge in [0.05, 0.1) is 11.0 Å². The molecule has 0 aliphatic carbocycles. The summed E-state index contributed by atoms with van der Waals surface area (Å²) in [6.07, 6.45) is 3.64. The van der Waals surface area contributed by atoms with Crippen molar-refractivity contribution in [2.24, 2.45) is 5.73 Å². The zero-order valence-electron chi connectivity index (χ0n) is 10.8. The third-order valence-electron chi connectivity index (χ3n) is 3.92. The number of imidazole rings is 1. The number of rotatable bonds is 2. The maximum absolute atomic E-state index is 5.90. The topological polar surface area (TPSA) is 57.9 Å². The molecule has 0 bridgehead atoms. The predicted octanol–water partition coefficient (Wildman–Crippen LogP) is 2.27. The van der Waals surface area contributed by atoms with E-state index in [0.717, 1.165) is 23.4 Å². The fraction of sp³-hybridized carbons (Fsp3) is 0.500. The quantitative estimate of drug-likeness (QED) is 0.852. The number of para-hydroxylation sites is 2. The Morgan fingerprint density at radius 2 is 2.22 bits per heavy atom. The minimum Gasteiger partial charge on any atom is -0.335 e. The minimum atomic E-state index is 0.411. The number of benzene rings is 1. The van der Waals surface area contributed by atoms with Crippen LogP contribution in [-0.2, 0) is 0 Å².